The highest BCUT2D eigenvalue weighted by Crippen LogP contribution is 2.20. The van der Waals surface area contributed by atoms with E-state index in [1.807, 2.05) is 25.1 Å². The summed E-state index contributed by atoms with van der Waals surface area (Å²) >= 11 is 0. The lowest BCUT2D eigenvalue weighted by Crippen LogP contribution is -2.26. The molecule has 1 aromatic heterocycles. The van der Waals surface area contributed by atoms with Crippen LogP contribution in [0.4, 0.5) is 5.82 Å². The summed E-state index contributed by atoms with van der Waals surface area (Å²) in [5, 5.41) is 3.46. The minimum Gasteiger partial charge on any atom is -0.358 e. The highest BCUT2D eigenvalue weighted by atomic mass is 32.2. The molecule has 0 aromatic carbocycles. The van der Waals surface area contributed by atoms with Crippen LogP contribution < -0.4 is 10.2 Å². The van der Waals surface area contributed by atoms with Gasteiger partial charge < -0.3 is 10.2 Å². The summed E-state index contributed by atoms with van der Waals surface area (Å²) in [5.41, 5.74) is 2.26. The highest BCUT2D eigenvalue weighted by molar-refractivity contribution is 7.90. The normalized spacial score (nSPS) is 15.3. The summed E-state index contributed by atoms with van der Waals surface area (Å²) in [6, 6.07) is 2.81. The summed E-state index contributed by atoms with van der Waals surface area (Å²) in [7, 11) is -1.06. The van der Waals surface area contributed by atoms with Gasteiger partial charge in [-0.1, -0.05) is 0 Å². The Bertz CT molecular complexity index is 568. The molecule has 0 atom stereocenters. The first-order valence-electron chi connectivity index (χ1n) is 6.93. The second kappa shape index (κ2) is 6.10. The average Bonchev–Trinajstić information content (AvgIpc) is 3.17. The lowest BCUT2D eigenvalue weighted by molar-refractivity contribution is 0.601. The SMILES string of the molecule is Cc1cc(CNC2CC2)cnc1N(C)CCS(C)(=O)=O. The van der Waals surface area contributed by atoms with Crippen molar-refractivity contribution in [1.82, 2.24) is 10.3 Å². The van der Waals surface area contributed by atoms with E-state index in [9.17, 15) is 8.42 Å². The monoisotopic (exact) mass is 297 g/mol. The zero-order valence-electron chi connectivity index (χ0n) is 12.4. The van der Waals surface area contributed by atoms with E-state index in [-0.39, 0.29) is 5.75 Å². The van der Waals surface area contributed by atoms with Crippen molar-refractivity contribution < 1.29 is 8.42 Å². The highest BCUT2D eigenvalue weighted by Gasteiger charge is 2.20. The second-order valence-electron chi connectivity index (χ2n) is 5.69. The van der Waals surface area contributed by atoms with Gasteiger partial charge in [0.2, 0.25) is 0 Å². The van der Waals surface area contributed by atoms with E-state index in [2.05, 4.69) is 16.4 Å². The molecule has 0 aliphatic heterocycles. The largest absolute Gasteiger partial charge is 0.358 e. The second-order valence-corrected chi connectivity index (χ2v) is 7.95. The van der Waals surface area contributed by atoms with E-state index in [1.165, 1.54) is 24.7 Å². The standard InChI is InChI=1S/C14H23N3O2S/c1-11-8-12(9-15-13-4-5-13)10-16-14(11)17(2)6-7-20(3,18)19/h8,10,13,15H,4-7,9H2,1-3H3. The van der Waals surface area contributed by atoms with E-state index in [0.717, 1.165) is 17.9 Å². The van der Waals surface area contributed by atoms with E-state index < -0.39 is 9.84 Å². The van der Waals surface area contributed by atoms with Gasteiger partial charge in [0.25, 0.3) is 0 Å². The third kappa shape index (κ3) is 4.76. The Balaban J connectivity index is 1.96. The van der Waals surface area contributed by atoms with Gasteiger partial charge in [-0.3, -0.25) is 0 Å². The van der Waals surface area contributed by atoms with Crippen LogP contribution >= 0.6 is 0 Å². The Labute approximate surface area is 121 Å². The number of hydrogen-bond acceptors (Lipinski definition) is 5. The number of nitrogens with one attached hydrogen (secondary N) is 1. The summed E-state index contributed by atoms with van der Waals surface area (Å²) in [6.45, 7) is 3.33. The van der Waals surface area contributed by atoms with Gasteiger partial charge in [-0.2, -0.15) is 0 Å². The van der Waals surface area contributed by atoms with Gasteiger partial charge in [0, 0.05) is 38.6 Å². The predicted molar refractivity (Wildman–Crippen MR) is 81.8 cm³/mol. The fourth-order valence-corrected chi connectivity index (χ4v) is 2.69. The van der Waals surface area contributed by atoms with Gasteiger partial charge in [-0.05, 0) is 37.0 Å². The van der Waals surface area contributed by atoms with Crippen molar-refractivity contribution in [2.24, 2.45) is 0 Å². The van der Waals surface area contributed by atoms with Crippen molar-refractivity contribution in [1.29, 1.82) is 0 Å². The molecule has 20 heavy (non-hydrogen) atoms. The smallest absolute Gasteiger partial charge is 0.149 e. The molecule has 1 fully saturated rings. The molecule has 1 N–H and O–H groups in total. The van der Waals surface area contributed by atoms with Crippen molar-refractivity contribution >= 4 is 15.7 Å². The first-order valence-corrected chi connectivity index (χ1v) is 8.99. The average molecular weight is 297 g/mol. The van der Waals surface area contributed by atoms with Crippen molar-refractivity contribution in [3.8, 4) is 0 Å². The van der Waals surface area contributed by atoms with Crippen LogP contribution in [0.25, 0.3) is 0 Å². The van der Waals surface area contributed by atoms with Crippen LogP contribution in [0.2, 0.25) is 0 Å². The van der Waals surface area contributed by atoms with Crippen LogP contribution in [0.3, 0.4) is 0 Å². The van der Waals surface area contributed by atoms with Crippen molar-refractivity contribution in [3.63, 3.8) is 0 Å². The van der Waals surface area contributed by atoms with Gasteiger partial charge in [0.1, 0.15) is 15.7 Å². The molecule has 1 aliphatic rings. The minimum atomic E-state index is -2.94. The molecular weight excluding hydrogens is 274 g/mol. The minimum absolute atomic E-state index is 0.148. The quantitative estimate of drug-likeness (QED) is 0.817. The summed E-state index contributed by atoms with van der Waals surface area (Å²) in [5.74, 6) is 0.999. The van der Waals surface area contributed by atoms with Crippen LogP contribution in [-0.2, 0) is 16.4 Å². The van der Waals surface area contributed by atoms with E-state index in [1.54, 1.807) is 0 Å². The molecule has 2 rings (SSSR count). The van der Waals surface area contributed by atoms with Gasteiger partial charge in [-0.15, -0.1) is 0 Å². The molecule has 0 radical (unpaired) electrons. The number of nitrogens with zero attached hydrogens (tertiary/aromatic N) is 2. The van der Waals surface area contributed by atoms with Gasteiger partial charge >= 0.3 is 0 Å². The summed E-state index contributed by atoms with van der Waals surface area (Å²) in [6.07, 6.45) is 5.68. The van der Waals surface area contributed by atoms with Crippen molar-refractivity contribution in [2.45, 2.75) is 32.4 Å². The number of aryl methyl sites for hydroxylation is 1. The molecule has 6 heteroatoms. The van der Waals surface area contributed by atoms with Crippen LogP contribution in [-0.4, -0.2) is 45.0 Å². The summed E-state index contributed by atoms with van der Waals surface area (Å²) < 4.78 is 22.4. The molecule has 1 aliphatic carbocycles. The van der Waals surface area contributed by atoms with Crippen molar-refractivity contribution in [2.75, 3.05) is 30.5 Å². The van der Waals surface area contributed by atoms with Crippen LogP contribution in [0.15, 0.2) is 12.3 Å². The van der Waals surface area contributed by atoms with E-state index >= 15 is 0 Å². The Morgan fingerprint density at radius 1 is 1.45 bits per heavy atom. The zero-order chi connectivity index (χ0) is 14.8. The number of anilines is 1. The Morgan fingerprint density at radius 3 is 2.70 bits per heavy atom. The third-order valence-corrected chi connectivity index (χ3v) is 4.36. The molecule has 1 saturated carbocycles. The molecule has 5 nitrogen and oxygen atoms in total. The third-order valence-electron chi connectivity index (χ3n) is 3.44. The summed E-state index contributed by atoms with van der Waals surface area (Å²) in [4.78, 5) is 6.37. The van der Waals surface area contributed by atoms with Crippen LogP contribution in [0, 0.1) is 6.92 Å². The lowest BCUT2D eigenvalue weighted by atomic mass is 10.2. The molecule has 0 saturated heterocycles. The molecule has 0 spiro atoms. The van der Waals surface area contributed by atoms with Crippen molar-refractivity contribution in [3.05, 3.63) is 23.4 Å². The van der Waals surface area contributed by atoms with Gasteiger partial charge in [0.15, 0.2) is 0 Å². The Hall–Kier alpha value is -1.14. The topological polar surface area (TPSA) is 62.3 Å². The molecule has 112 valence electrons. The Kier molecular flexibility index (Phi) is 4.65. The fourth-order valence-electron chi connectivity index (χ4n) is 2.08. The molecule has 0 amide bonds. The number of aromatic nitrogens is 1. The fraction of sp³-hybridized carbons (Fsp3) is 0.643. The van der Waals surface area contributed by atoms with Gasteiger partial charge in [0.05, 0.1) is 5.75 Å². The number of rotatable bonds is 7. The van der Waals surface area contributed by atoms with Crippen LogP contribution in [0.5, 0.6) is 0 Å². The maximum atomic E-state index is 11.2. The van der Waals surface area contributed by atoms with Gasteiger partial charge in [-0.25, -0.2) is 13.4 Å². The molecule has 0 bridgehead atoms. The first kappa shape index (κ1) is 15.3. The lowest BCUT2D eigenvalue weighted by Gasteiger charge is -2.20. The zero-order valence-corrected chi connectivity index (χ0v) is 13.2. The molecule has 1 heterocycles. The molecule has 1 aromatic rings. The Morgan fingerprint density at radius 2 is 2.15 bits per heavy atom. The molecule has 0 unspecified atom stereocenters. The maximum absolute atomic E-state index is 11.2. The first-order chi connectivity index (χ1) is 9.35. The maximum Gasteiger partial charge on any atom is 0.149 e. The number of hydrogen-bond donors (Lipinski definition) is 1. The number of sulfone groups is 1. The molecular formula is C14H23N3O2S. The van der Waals surface area contributed by atoms with E-state index in [4.69, 9.17) is 0 Å². The predicted octanol–water partition coefficient (Wildman–Crippen LogP) is 1.12. The number of pyridine rings is 1. The van der Waals surface area contributed by atoms with Crippen LogP contribution in [0.1, 0.15) is 24.0 Å². The van der Waals surface area contributed by atoms with E-state index in [0.29, 0.717) is 12.6 Å².